The molecule has 0 saturated heterocycles. The summed E-state index contributed by atoms with van der Waals surface area (Å²) in [4.78, 5) is 22.9. The molecule has 0 rings (SSSR count). The molecule has 61 heavy (non-hydrogen) atoms. The molecule has 0 aliphatic heterocycles. The zero-order valence-electron chi connectivity index (χ0n) is 39.4. The SMILES string of the molecule is CC/C=C\C/C=C\C/C=C\C/C=C\C/C=C\CCOCC(COP(=O)(O)OCC[N+](C)(C)C)OC(=O)CCCCCCCCCCCC/C=C\C/C=C\C/C=C\C/C=C\CC. The maximum absolute atomic E-state index is 12.7. The molecule has 8 nitrogen and oxygen atoms in total. The monoisotopic (exact) mass is 871 g/mol. The lowest BCUT2D eigenvalue weighted by Gasteiger charge is -2.24. The molecule has 348 valence electrons. The van der Waals surface area contributed by atoms with Crippen molar-refractivity contribution in [2.75, 3.05) is 54.1 Å². The third-order valence-electron chi connectivity index (χ3n) is 9.35. The number of quaternary nitrogens is 1. The van der Waals surface area contributed by atoms with E-state index in [1.807, 2.05) is 21.1 Å². The quantitative estimate of drug-likeness (QED) is 0.0215. The zero-order chi connectivity index (χ0) is 44.8. The summed E-state index contributed by atoms with van der Waals surface area (Å²) >= 11 is 0. The number of hydrogen-bond donors (Lipinski definition) is 1. The number of allylic oxidation sites excluding steroid dienone is 17. The lowest BCUT2D eigenvalue weighted by Crippen LogP contribution is -2.37. The fourth-order valence-corrected chi connectivity index (χ4v) is 6.53. The Labute approximate surface area is 374 Å². The predicted octanol–water partition coefficient (Wildman–Crippen LogP) is 14.4. The van der Waals surface area contributed by atoms with E-state index in [-0.39, 0.29) is 25.8 Å². The van der Waals surface area contributed by atoms with Crippen LogP contribution in [-0.2, 0) is 27.9 Å². The van der Waals surface area contributed by atoms with E-state index in [2.05, 4.69) is 123 Å². The molecule has 0 heterocycles. The second-order valence-corrected chi connectivity index (χ2v) is 17.8. The maximum atomic E-state index is 12.7. The first-order valence-corrected chi connectivity index (χ1v) is 25.1. The van der Waals surface area contributed by atoms with E-state index in [0.29, 0.717) is 30.5 Å². The van der Waals surface area contributed by atoms with E-state index >= 15 is 0 Å². The van der Waals surface area contributed by atoms with Gasteiger partial charge in [0, 0.05) is 6.42 Å². The molecule has 0 aromatic heterocycles. The number of carbonyl (C=O) groups excluding carboxylic acids is 1. The zero-order valence-corrected chi connectivity index (χ0v) is 40.2. The summed E-state index contributed by atoms with van der Waals surface area (Å²) in [5, 5.41) is 0. The number of unbranched alkanes of at least 4 members (excludes halogenated alkanes) is 10. The Kier molecular flexibility index (Phi) is 41.8. The third-order valence-corrected chi connectivity index (χ3v) is 10.3. The van der Waals surface area contributed by atoms with Crippen LogP contribution in [0.1, 0.15) is 155 Å². The fraction of sp³-hybridized carbons (Fsp3) is 0.635. The van der Waals surface area contributed by atoms with Crippen LogP contribution < -0.4 is 0 Å². The Balaban J connectivity index is 4.29. The van der Waals surface area contributed by atoms with Crippen molar-refractivity contribution in [2.45, 2.75) is 161 Å². The molecular formula is C52H89NO7P+. The Hall–Kier alpha value is -2.84. The molecule has 0 aliphatic carbocycles. The smallest absolute Gasteiger partial charge is 0.457 e. The summed E-state index contributed by atoms with van der Waals surface area (Å²) in [6, 6.07) is 0. The van der Waals surface area contributed by atoms with E-state index in [9.17, 15) is 14.3 Å². The van der Waals surface area contributed by atoms with E-state index in [4.69, 9.17) is 18.5 Å². The molecule has 0 aromatic carbocycles. The van der Waals surface area contributed by atoms with Gasteiger partial charge in [-0.15, -0.1) is 0 Å². The van der Waals surface area contributed by atoms with Crippen molar-refractivity contribution >= 4 is 13.8 Å². The van der Waals surface area contributed by atoms with E-state index in [1.165, 1.54) is 51.4 Å². The van der Waals surface area contributed by atoms with Crippen LogP contribution in [0.15, 0.2) is 109 Å². The maximum Gasteiger partial charge on any atom is 0.472 e. The summed E-state index contributed by atoms with van der Waals surface area (Å²) in [7, 11) is 1.60. The molecule has 0 aromatic rings. The second-order valence-electron chi connectivity index (χ2n) is 16.4. The Morgan fingerprint density at radius 3 is 1.34 bits per heavy atom. The van der Waals surface area contributed by atoms with Crippen molar-refractivity contribution in [3.63, 3.8) is 0 Å². The van der Waals surface area contributed by atoms with Gasteiger partial charge in [0.15, 0.2) is 0 Å². The van der Waals surface area contributed by atoms with Gasteiger partial charge in [0.05, 0.1) is 41.0 Å². The molecule has 0 radical (unpaired) electrons. The number of likely N-dealkylation sites (N-methyl/N-ethyl adjacent to an activating group) is 1. The van der Waals surface area contributed by atoms with Crippen LogP contribution in [0.4, 0.5) is 0 Å². The molecule has 2 unspecified atom stereocenters. The van der Waals surface area contributed by atoms with Crippen molar-refractivity contribution in [2.24, 2.45) is 0 Å². The van der Waals surface area contributed by atoms with Crippen LogP contribution >= 0.6 is 7.82 Å². The topological polar surface area (TPSA) is 91.3 Å². The van der Waals surface area contributed by atoms with Gasteiger partial charge in [-0.25, -0.2) is 4.57 Å². The molecule has 0 saturated carbocycles. The highest BCUT2D eigenvalue weighted by Gasteiger charge is 2.26. The van der Waals surface area contributed by atoms with Crippen molar-refractivity contribution in [3.05, 3.63) is 109 Å². The number of phosphoric ester groups is 1. The molecule has 0 amide bonds. The van der Waals surface area contributed by atoms with Crippen molar-refractivity contribution in [1.82, 2.24) is 0 Å². The average Bonchev–Trinajstić information content (AvgIpc) is 3.22. The summed E-state index contributed by atoms with van der Waals surface area (Å²) < 4.78 is 34.9. The number of carbonyl (C=O) groups is 1. The van der Waals surface area contributed by atoms with Crippen molar-refractivity contribution in [3.8, 4) is 0 Å². The molecule has 0 bridgehead atoms. The molecular weight excluding hydrogens is 782 g/mol. The summed E-state index contributed by atoms with van der Waals surface area (Å²) in [6.45, 7) is 5.13. The minimum Gasteiger partial charge on any atom is -0.457 e. The van der Waals surface area contributed by atoms with Crippen molar-refractivity contribution < 1.29 is 37.3 Å². The number of nitrogens with zero attached hydrogens (tertiary/aromatic N) is 1. The van der Waals surface area contributed by atoms with E-state index in [0.717, 1.165) is 77.0 Å². The van der Waals surface area contributed by atoms with Crippen LogP contribution in [0.2, 0.25) is 0 Å². The molecule has 0 aliphatic rings. The van der Waals surface area contributed by atoms with E-state index in [1.54, 1.807) is 0 Å². The van der Waals surface area contributed by atoms with Gasteiger partial charge in [0.2, 0.25) is 0 Å². The highest BCUT2D eigenvalue weighted by Crippen LogP contribution is 2.43. The standard InChI is InChI=1S/C52H88NO7P/c1-6-8-10-12-14-16-18-20-22-24-25-26-27-28-29-30-31-33-35-37-39-41-43-45-52(54)60-51(50-59-61(55,56)58-48-46-53(3,4)5)49-57-47-44-42-40-38-36-34-32-23-21-19-17-15-13-11-9-7-2/h8-11,14-17,20-23,25-26,34,36,40,42,51H,6-7,12-13,18-19,24,27-33,35,37-39,41,43-50H2,1-5H3/p+1/b10-8-,11-9-,16-14-,17-15-,22-20-,23-21-,26-25-,36-34-,42-40-. The predicted molar refractivity (Wildman–Crippen MR) is 261 cm³/mol. The number of ether oxygens (including phenoxy) is 2. The van der Waals surface area contributed by atoms with Crippen LogP contribution in [0.5, 0.6) is 0 Å². The summed E-state index contributed by atoms with van der Waals surface area (Å²) in [5.41, 5.74) is 0. The van der Waals surface area contributed by atoms with Crippen LogP contribution in [-0.4, -0.2) is 75.6 Å². The van der Waals surface area contributed by atoms with Gasteiger partial charge in [-0.1, -0.05) is 175 Å². The highest BCUT2D eigenvalue weighted by atomic mass is 31.2. The lowest BCUT2D eigenvalue weighted by atomic mass is 10.0. The second kappa shape index (κ2) is 43.8. The normalized spacial score (nSPS) is 14.7. The number of esters is 1. The molecule has 2 atom stereocenters. The Morgan fingerprint density at radius 2 is 0.902 bits per heavy atom. The average molecular weight is 871 g/mol. The molecule has 9 heteroatoms. The van der Waals surface area contributed by atoms with Gasteiger partial charge in [-0.2, -0.15) is 0 Å². The first-order valence-electron chi connectivity index (χ1n) is 23.6. The summed E-state index contributed by atoms with van der Waals surface area (Å²) in [6.07, 6.45) is 61.6. The Morgan fingerprint density at radius 1 is 0.508 bits per heavy atom. The largest absolute Gasteiger partial charge is 0.472 e. The highest BCUT2D eigenvalue weighted by molar-refractivity contribution is 7.47. The Bertz CT molecular complexity index is 1340. The van der Waals surface area contributed by atoms with Gasteiger partial charge in [0.25, 0.3) is 0 Å². The van der Waals surface area contributed by atoms with Crippen LogP contribution in [0, 0.1) is 0 Å². The molecule has 0 spiro atoms. The first-order chi connectivity index (χ1) is 29.6. The molecule has 1 N–H and O–H groups in total. The fourth-order valence-electron chi connectivity index (χ4n) is 5.78. The van der Waals surface area contributed by atoms with Gasteiger partial charge in [0.1, 0.15) is 19.3 Å². The van der Waals surface area contributed by atoms with Gasteiger partial charge >= 0.3 is 13.8 Å². The first kappa shape index (κ1) is 58.2. The lowest BCUT2D eigenvalue weighted by molar-refractivity contribution is -0.870. The van der Waals surface area contributed by atoms with Gasteiger partial charge in [-0.05, 0) is 83.5 Å². The van der Waals surface area contributed by atoms with Gasteiger partial charge in [-0.3, -0.25) is 13.8 Å². The van der Waals surface area contributed by atoms with E-state index < -0.39 is 13.9 Å². The van der Waals surface area contributed by atoms with Gasteiger partial charge < -0.3 is 18.9 Å². The number of hydrogen-bond acceptors (Lipinski definition) is 6. The summed E-state index contributed by atoms with van der Waals surface area (Å²) in [5.74, 6) is -0.348. The van der Waals surface area contributed by atoms with Crippen LogP contribution in [0.25, 0.3) is 0 Å². The molecule has 0 fully saturated rings. The third kappa shape index (κ3) is 48.1. The van der Waals surface area contributed by atoms with Crippen molar-refractivity contribution in [1.29, 1.82) is 0 Å². The van der Waals surface area contributed by atoms with Crippen LogP contribution in [0.3, 0.4) is 0 Å². The number of rotatable bonds is 42. The minimum atomic E-state index is -4.31. The number of phosphoric acid groups is 1. The minimum absolute atomic E-state index is 0.0682.